The van der Waals surface area contributed by atoms with Crippen molar-refractivity contribution in [3.05, 3.63) is 48.6 Å². The van der Waals surface area contributed by atoms with Crippen LogP contribution >= 0.6 is 0 Å². The normalized spacial score (nSPS) is 14.1. The highest BCUT2D eigenvalue weighted by Gasteiger charge is 2.23. The summed E-state index contributed by atoms with van der Waals surface area (Å²) in [6, 6.07) is 9.83. The van der Waals surface area contributed by atoms with E-state index in [1.54, 1.807) is 0 Å². The van der Waals surface area contributed by atoms with Gasteiger partial charge in [-0.25, -0.2) is 4.79 Å². The van der Waals surface area contributed by atoms with Gasteiger partial charge in [0.2, 0.25) is 0 Å². The van der Waals surface area contributed by atoms with Gasteiger partial charge in [0.25, 0.3) is 0 Å². The number of rotatable bonds is 5. The molecule has 0 aromatic heterocycles. The van der Waals surface area contributed by atoms with Gasteiger partial charge in [-0.15, -0.1) is 0 Å². The van der Waals surface area contributed by atoms with Crippen molar-refractivity contribution < 1.29 is 9.53 Å². The molecule has 0 heterocycles. The number of hydrogen-bond acceptors (Lipinski definition) is 3. The number of nitrogens with zero attached hydrogens (tertiary/aromatic N) is 1. The molecule has 0 saturated carbocycles. The van der Waals surface area contributed by atoms with Gasteiger partial charge in [-0.05, 0) is 26.6 Å². The average Bonchev–Trinajstić information content (AvgIpc) is 2.35. The Morgan fingerprint density at radius 3 is 2.41 bits per heavy atom. The van der Waals surface area contributed by atoms with E-state index in [1.807, 2.05) is 56.3 Å². The van der Waals surface area contributed by atoms with Crippen LogP contribution in [0.15, 0.2) is 43.0 Å². The summed E-state index contributed by atoms with van der Waals surface area (Å²) in [5.41, 5.74) is 0.990. The van der Waals surface area contributed by atoms with E-state index in [2.05, 4.69) is 6.58 Å². The number of hydrogen-bond donors (Lipinski definition) is 0. The third kappa shape index (κ3) is 3.71. The fraction of sp³-hybridized carbons (Fsp3) is 0.357. The second-order valence-corrected chi connectivity index (χ2v) is 4.18. The number of carbonyl (C=O) groups is 1. The number of likely N-dealkylation sites (N-methyl/N-ethyl adjacent to an activating group) is 1. The molecule has 0 aliphatic rings. The van der Waals surface area contributed by atoms with Gasteiger partial charge >= 0.3 is 5.97 Å². The van der Waals surface area contributed by atoms with Gasteiger partial charge in [0.15, 0.2) is 0 Å². The predicted molar refractivity (Wildman–Crippen MR) is 68.6 cm³/mol. The molecule has 17 heavy (non-hydrogen) atoms. The summed E-state index contributed by atoms with van der Waals surface area (Å²) in [5.74, 6) is -0.396. The molecule has 0 fully saturated rings. The van der Waals surface area contributed by atoms with E-state index in [0.717, 1.165) is 5.56 Å². The first-order valence-electron chi connectivity index (χ1n) is 5.60. The monoisotopic (exact) mass is 233 g/mol. The lowest BCUT2D eigenvalue weighted by molar-refractivity contribution is -0.146. The fourth-order valence-electron chi connectivity index (χ4n) is 1.53. The summed E-state index contributed by atoms with van der Waals surface area (Å²) in [6.07, 6.45) is 0.912. The first-order valence-corrected chi connectivity index (χ1v) is 5.60. The molecule has 1 aromatic carbocycles. The smallest absolute Gasteiger partial charge is 0.330 e. The Morgan fingerprint density at radius 2 is 1.94 bits per heavy atom. The standard InChI is InChI=1S/C14H19NO2/c1-5-13(16)17-14(11(2)15(3)4)12-9-7-6-8-10-12/h5-11,14H,1H2,2-4H3. The van der Waals surface area contributed by atoms with Crippen LogP contribution in [0.3, 0.4) is 0 Å². The molecule has 2 atom stereocenters. The highest BCUT2D eigenvalue weighted by atomic mass is 16.5. The van der Waals surface area contributed by atoms with Crippen LogP contribution < -0.4 is 0 Å². The molecular formula is C14H19NO2. The van der Waals surface area contributed by atoms with Crippen LogP contribution in [-0.2, 0) is 9.53 Å². The summed E-state index contributed by atoms with van der Waals surface area (Å²) in [4.78, 5) is 13.4. The quantitative estimate of drug-likeness (QED) is 0.578. The van der Waals surface area contributed by atoms with Gasteiger partial charge in [-0.1, -0.05) is 36.9 Å². The van der Waals surface area contributed by atoms with Crippen LogP contribution in [0, 0.1) is 0 Å². The minimum Gasteiger partial charge on any atom is -0.453 e. The third-order valence-electron chi connectivity index (χ3n) is 2.79. The van der Waals surface area contributed by atoms with Gasteiger partial charge in [0, 0.05) is 12.1 Å². The van der Waals surface area contributed by atoms with Gasteiger partial charge in [-0.3, -0.25) is 0 Å². The van der Waals surface area contributed by atoms with Crippen LogP contribution in [0.1, 0.15) is 18.6 Å². The van der Waals surface area contributed by atoms with Crippen LogP contribution in [0.2, 0.25) is 0 Å². The van der Waals surface area contributed by atoms with E-state index in [9.17, 15) is 4.79 Å². The number of esters is 1. The maximum absolute atomic E-state index is 11.4. The second kappa shape index (κ2) is 6.21. The largest absolute Gasteiger partial charge is 0.453 e. The Hall–Kier alpha value is -1.61. The molecule has 1 aromatic rings. The van der Waals surface area contributed by atoms with Crippen molar-refractivity contribution in [1.82, 2.24) is 4.90 Å². The first kappa shape index (κ1) is 13.5. The lowest BCUT2D eigenvalue weighted by Gasteiger charge is -2.29. The first-order chi connectivity index (χ1) is 8.06. The Bertz CT molecular complexity index is 373. The van der Waals surface area contributed by atoms with Crippen LogP contribution in [0.25, 0.3) is 0 Å². The molecule has 0 spiro atoms. The molecule has 0 bridgehead atoms. The topological polar surface area (TPSA) is 29.5 Å². The van der Waals surface area contributed by atoms with E-state index in [0.29, 0.717) is 0 Å². The Balaban J connectivity index is 2.94. The Morgan fingerprint density at radius 1 is 1.35 bits per heavy atom. The zero-order valence-corrected chi connectivity index (χ0v) is 10.6. The third-order valence-corrected chi connectivity index (χ3v) is 2.79. The molecule has 3 heteroatoms. The van der Waals surface area contributed by atoms with E-state index in [4.69, 9.17) is 4.74 Å². The maximum Gasteiger partial charge on any atom is 0.330 e. The molecule has 92 valence electrons. The van der Waals surface area contributed by atoms with E-state index in [1.165, 1.54) is 6.08 Å². The molecule has 0 radical (unpaired) electrons. The van der Waals surface area contributed by atoms with Crippen molar-refractivity contribution in [3.63, 3.8) is 0 Å². The second-order valence-electron chi connectivity index (χ2n) is 4.18. The van der Waals surface area contributed by atoms with Crippen LogP contribution in [-0.4, -0.2) is 31.0 Å². The van der Waals surface area contributed by atoms with E-state index in [-0.39, 0.29) is 12.1 Å². The summed E-state index contributed by atoms with van der Waals surface area (Å²) in [6.45, 7) is 5.45. The van der Waals surface area contributed by atoms with Crippen LogP contribution in [0.5, 0.6) is 0 Å². The summed E-state index contributed by atoms with van der Waals surface area (Å²) >= 11 is 0. The van der Waals surface area contributed by atoms with Crippen molar-refractivity contribution >= 4 is 5.97 Å². The predicted octanol–water partition coefficient (Wildman–Crippen LogP) is 2.41. The lowest BCUT2D eigenvalue weighted by atomic mass is 10.0. The van der Waals surface area contributed by atoms with E-state index < -0.39 is 5.97 Å². The average molecular weight is 233 g/mol. The van der Waals surface area contributed by atoms with Crippen LogP contribution in [0.4, 0.5) is 0 Å². The van der Waals surface area contributed by atoms with Crippen molar-refractivity contribution in [2.75, 3.05) is 14.1 Å². The lowest BCUT2D eigenvalue weighted by Crippen LogP contribution is -2.33. The zero-order valence-electron chi connectivity index (χ0n) is 10.6. The maximum atomic E-state index is 11.4. The fourth-order valence-corrected chi connectivity index (χ4v) is 1.53. The summed E-state index contributed by atoms with van der Waals surface area (Å²) < 4.78 is 5.41. The number of ether oxygens (including phenoxy) is 1. The highest BCUT2D eigenvalue weighted by molar-refractivity contribution is 5.81. The molecule has 0 aliphatic carbocycles. The molecule has 1 rings (SSSR count). The molecule has 0 amide bonds. The van der Waals surface area contributed by atoms with Gasteiger partial charge in [0.05, 0.1) is 0 Å². The number of carbonyl (C=O) groups excluding carboxylic acids is 1. The van der Waals surface area contributed by atoms with E-state index >= 15 is 0 Å². The zero-order chi connectivity index (χ0) is 12.8. The minimum absolute atomic E-state index is 0.0984. The van der Waals surface area contributed by atoms with Gasteiger partial charge in [0.1, 0.15) is 6.10 Å². The number of benzene rings is 1. The van der Waals surface area contributed by atoms with Gasteiger partial charge < -0.3 is 9.64 Å². The molecule has 0 aliphatic heterocycles. The van der Waals surface area contributed by atoms with Crippen molar-refractivity contribution in [2.24, 2.45) is 0 Å². The molecule has 3 nitrogen and oxygen atoms in total. The SMILES string of the molecule is C=CC(=O)OC(c1ccccc1)C(C)N(C)C. The van der Waals surface area contributed by atoms with Crippen molar-refractivity contribution in [1.29, 1.82) is 0 Å². The molecule has 0 saturated heterocycles. The van der Waals surface area contributed by atoms with Crippen molar-refractivity contribution in [3.8, 4) is 0 Å². The minimum atomic E-state index is -0.396. The molecular weight excluding hydrogens is 214 g/mol. The van der Waals surface area contributed by atoms with Crippen molar-refractivity contribution in [2.45, 2.75) is 19.1 Å². The molecule has 2 unspecified atom stereocenters. The molecule has 0 N–H and O–H groups in total. The highest BCUT2D eigenvalue weighted by Crippen LogP contribution is 2.23. The van der Waals surface area contributed by atoms with Gasteiger partial charge in [-0.2, -0.15) is 0 Å². The summed E-state index contributed by atoms with van der Waals surface area (Å²) in [5, 5.41) is 0. The Kier molecular flexibility index (Phi) is 4.91. The Labute approximate surface area is 103 Å². The summed E-state index contributed by atoms with van der Waals surface area (Å²) in [7, 11) is 3.92.